The molecule has 2 saturated heterocycles. The van der Waals surface area contributed by atoms with Gasteiger partial charge in [-0.2, -0.15) is 19.7 Å². The topological polar surface area (TPSA) is 88.1 Å². The number of nitrogens with zero attached hydrogens (tertiary/aromatic N) is 6. The van der Waals surface area contributed by atoms with Gasteiger partial charge in [-0.3, -0.25) is 9.89 Å². The highest BCUT2D eigenvalue weighted by molar-refractivity contribution is 5.86. The number of rotatable bonds is 4. The first-order valence-corrected chi connectivity index (χ1v) is 12.8. The fraction of sp³-hybridized carbons (Fsp3) is 0.640. The van der Waals surface area contributed by atoms with Crippen LogP contribution >= 0.6 is 0 Å². The zero-order valence-electron chi connectivity index (χ0n) is 20.6. The lowest BCUT2D eigenvalue weighted by atomic mass is 9.86. The molecule has 10 heteroatoms. The number of aryl methyl sites for hydroxylation is 1. The molecule has 1 spiro atoms. The lowest BCUT2D eigenvalue weighted by molar-refractivity contribution is -0.445. The van der Waals surface area contributed by atoms with Crippen molar-refractivity contribution in [2.75, 3.05) is 50.0 Å². The van der Waals surface area contributed by atoms with Crippen molar-refractivity contribution in [2.24, 2.45) is 7.05 Å². The molecule has 10 nitrogen and oxygen atoms in total. The van der Waals surface area contributed by atoms with Crippen LogP contribution in [0.2, 0.25) is 0 Å². The van der Waals surface area contributed by atoms with Crippen LogP contribution < -0.4 is 14.7 Å². The van der Waals surface area contributed by atoms with Crippen LogP contribution in [0.15, 0.2) is 12.1 Å². The minimum absolute atomic E-state index is 0.288. The first-order valence-electron chi connectivity index (χ1n) is 12.8. The second-order valence-electron chi connectivity index (χ2n) is 10.0. The van der Waals surface area contributed by atoms with Gasteiger partial charge < -0.3 is 19.1 Å². The van der Waals surface area contributed by atoms with Gasteiger partial charge in [0.2, 0.25) is 6.67 Å². The predicted molar refractivity (Wildman–Crippen MR) is 130 cm³/mol. The monoisotopic (exact) mass is 483 g/mol. The van der Waals surface area contributed by atoms with Crippen LogP contribution in [0.1, 0.15) is 62.3 Å². The zero-order valence-corrected chi connectivity index (χ0v) is 20.6. The van der Waals surface area contributed by atoms with Crippen molar-refractivity contribution < 1.29 is 24.0 Å². The molecule has 3 fully saturated rings. The second kappa shape index (κ2) is 9.07. The van der Waals surface area contributed by atoms with Crippen molar-refractivity contribution in [3.8, 4) is 5.88 Å². The third kappa shape index (κ3) is 4.07. The van der Waals surface area contributed by atoms with Crippen molar-refractivity contribution in [2.45, 2.75) is 56.7 Å². The standard InChI is InChI=1S/C25H35N6O4/c1-28-20-16-30(17-31(32)23(20)22(27-28)18-6-4-3-5-7-18)19-8-9-21(26-24(19)33-2)29-12-10-25(11-13-29)34-14-15-35-25/h8-9,16,18,32H,3-7,10-15,17H2,1-2H3/q+1. The Bertz CT molecular complexity index is 1110. The van der Waals surface area contributed by atoms with Crippen LogP contribution in [-0.2, 0) is 16.5 Å². The molecule has 1 N–H and O–H groups in total. The summed E-state index contributed by atoms with van der Waals surface area (Å²) in [6, 6.07) is 4.04. The number of piperidine rings is 1. The maximum Gasteiger partial charge on any atom is 0.289 e. The van der Waals surface area contributed by atoms with Crippen LogP contribution in [0.3, 0.4) is 0 Å². The molecule has 2 aromatic heterocycles. The van der Waals surface area contributed by atoms with Gasteiger partial charge in [0.25, 0.3) is 11.6 Å². The highest BCUT2D eigenvalue weighted by Gasteiger charge is 2.40. The lowest BCUT2D eigenvalue weighted by Gasteiger charge is -2.38. The molecule has 0 aromatic carbocycles. The molecule has 1 saturated carbocycles. The molecular formula is C25H35N6O4+. The van der Waals surface area contributed by atoms with E-state index >= 15 is 0 Å². The van der Waals surface area contributed by atoms with Gasteiger partial charge >= 0.3 is 0 Å². The highest BCUT2D eigenvalue weighted by Crippen LogP contribution is 2.40. The lowest BCUT2D eigenvalue weighted by Crippen LogP contribution is -2.45. The number of ether oxygens (including phenoxy) is 3. The molecule has 0 bridgehead atoms. The summed E-state index contributed by atoms with van der Waals surface area (Å²) in [6.07, 6.45) is 9.70. The number of methoxy groups -OCH3 is 1. The van der Waals surface area contributed by atoms with Crippen molar-refractivity contribution in [3.05, 3.63) is 23.5 Å². The summed E-state index contributed by atoms with van der Waals surface area (Å²) in [6.45, 7) is 3.28. The maximum absolute atomic E-state index is 11.1. The Hall–Kier alpha value is -2.69. The largest absolute Gasteiger partial charge is 0.476 e. The average Bonchev–Trinajstić information content (AvgIpc) is 3.49. The normalized spacial score (nSPS) is 22.4. The van der Waals surface area contributed by atoms with E-state index in [0.717, 1.165) is 67.4 Å². The Morgan fingerprint density at radius 1 is 1.11 bits per heavy atom. The van der Waals surface area contributed by atoms with E-state index in [1.165, 1.54) is 24.3 Å². The average molecular weight is 484 g/mol. The highest BCUT2D eigenvalue weighted by atomic mass is 16.7. The van der Waals surface area contributed by atoms with Crippen LogP contribution in [0.4, 0.5) is 17.2 Å². The zero-order chi connectivity index (χ0) is 24.0. The van der Waals surface area contributed by atoms with Gasteiger partial charge in [-0.25, -0.2) is 0 Å². The molecule has 2 aromatic rings. The first kappa shape index (κ1) is 22.8. The van der Waals surface area contributed by atoms with Gasteiger partial charge in [0.1, 0.15) is 11.5 Å². The Morgan fingerprint density at radius 3 is 2.57 bits per heavy atom. The smallest absolute Gasteiger partial charge is 0.289 e. The van der Waals surface area contributed by atoms with Crippen LogP contribution in [0.5, 0.6) is 5.88 Å². The quantitative estimate of drug-likeness (QED) is 0.664. The number of fused-ring (bicyclic) bond motifs is 1. The van der Waals surface area contributed by atoms with Crippen LogP contribution in [-0.4, -0.2) is 76.6 Å². The third-order valence-corrected chi connectivity index (χ3v) is 7.90. The van der Waals surface area contributed by atoms with Gasteiger partial charge in [0, 0.05) is 45.0 Å². The van der Waals surface area contributed by atoms with E-state index < -0.39 is 5.79 Å². The van der Waals surface area contributed by atoms with E-state index in [2.05, 4.69) is 4.90 Å². The minimum Gasteiger partial charge on any atom is -0.476 e. The van der Waals surface area contributed by atoms with Crippen molar-refractivity contribution in [1.29, 1.82) is 0 Å². The van der Waals surface area contributed by atoms with Crippen molar-refractivity contribution in [1.82, 2.24) is 14.8 Å². The fourth-order valence-corrected chi connectivity index (χ4v) is 5.99. The third-order valence-electron chi connectivity index (χ3n) is 7.90. The Kier molecular flexibility index (Phi) is 5.90. The molecule has 5 heterocycles. The van der Waals surface area contributed by atoms with E-state index in [1.54, 1.807) is 7.11 Å². The van der Waals surface area contributed by atoms with Crippen molar-refractivity contribution in [3.63, 3.8) is 0 Å². The first-order chi connectivity index (χ1) is 17.1. The molecule has 0 unspecified atom stereocenters. The number of pyridine rings is 1. The van der Waals surface area contributed by atoms with E-state index in [4.69, 9.17) is 24.3 Å². The van der Waals surface area contributed by atoms with Gasteiger partial charge in [0.05, 0.1) is 26.0 Å². The minimum atomic E-state index is -0.412. The van der Waals surface area contributed by atoms with Crippen LogP contribution in [0, 0.1) is 0 Å². The molecule has 188 valence electrons. The second-order valence-corrected chi connectivity index (χ2v) is 10.0. The fourth-order valence-electron chi connectivity index (χ4n) is 5.99. The molecule has 4 aliphatic rings. The summed E-state index contributed by atoms with van der Waals surface area (Å²) in [5.41, 5.74) is 3.54. The summed E-state index contributed by atoms with van der Waals surface area (Å²) in [5.74, 6) is 1.40. The summed E-state index contributed by atoms with van der Waals surface area (Å²) >= 11 is 0. The van der Waals surface area contributed by atoms with E-state index in [1.807, 2.05) is 34.7 Å². The molecule has 3 aliphatic heterocycles. The number of hydrogen-bond acceptors (Lipinski definition) is 8. The van der Waals surface area contributed by atoms with E-state index in [9.17, 15) is 5.21 Å². The maximum atomic E-state index is 11.1. The van der Waals surface area contributed by atoms with Crippen molar-refractivity contribution >= 4 is 23.4 Å². The van der Waals surface area contributed by atoms with Gasteiger partial charge in [-0.15, -0.1) is 0 Å². The number of aromatic nitrogens is 3. The summed E-state index contributed by atoms with van der Waals surface area (Å²) < 4.78 is 21.3. The predicted octanol–water partition coefficient (Wildman–Crippen LogP) is 3.14. The summed E-state index contributed by atoms with van der Waals surface area (Å²) in [7, 11) is 3.58. The number of hydroxylamine groups is 1. The van der Waals surface area contributed by atoms with E-state index in [-0.39, 0.29) is 6.67 Å². The molecular weight excluding hydrogens is 448 g/mol. The number of anilines is 2. The Morgan fingerprint density at radius 2 is 1.86 bits per heavy atom. The Balaban J connectivity index is 1.27. The Labute approximate surface area is 205 Å². The molecule has 0 atom stereocenters. The molecule has 6 rings (SSSR count). The van der Waals surface area contributed by atoms with Gasteiger partial charge in [0.15, 0.2) is 17.7 Å². The summed E-state index contributed by atoms with van der Waals surface area (Å²) in [5, 5.41) is 17.2. The molecule has 1 aliphatic carbocycles. The molecule has 0 amide bonds. The van der Waals surface area contributed by atoms with Gasteiger partial charge in [-0.05, 0) is 18.9 Å². The van der Waals surface area contributed by atoms with Gasteiger partial charge in [-0.1, -0.05) is 19.3 Å². The van der Waals surface area contributed by atoms with E-state index in [0.29, 0.717) is 25.0 Å². The number of hydrogen-bond donors (Lipinski definition) is 1. The molecule has 0 radical (unpaired) electrons. The molecule has 35 heavy (non-hydrogen) atoms. The summed E-state index contributed by atoms with van der Waals surface area (Å²) in [4.78, 5) is 7.07. The van der Waals surface area contributed by atoms with Crippen LogP contribution in [0.25, 0.3) is 0 Å². The SMILES string of the molecule is COc1nc(N2CCC3(CC2)OCCO3)ccc1[N+]1=Cc2c(c(C3CCCCC3)nn2C)N(O)C1.